The molecule has 0 atom stereocenters. The minimum Gasteiger partial charge on any atom is -0.350 e. The van der Waals surface area contributed by atoms with Crippen LogP contribution in [0.15, 0.2) is 48.5 Å². The van der Waals surface area contributed by atoms with Crippen molar-refractivity contribution in [1.29, 1.82) is 0 Å². The van der Waals surface area contributed by atoms with Gasteiger partial charge in [-0.05, 0) is 42.3 Å². The third-order valence-corrected chi connectivity index (χ3v) is 5.30. The highest BCUT2D eigenvalue weighted by Crippen LogP contribution is 2.20. The van der Waals surface area contributed by atoms with Crippen LogP contribution in [-0.4, -0.2) is 52.8 Å². The highest BCUT2D eigenvalue weighted by Gasteiger charge is 2.26. The number of piperazine rings is 1. The maximum Gasteiger partial charge on any atom is 0.270 e. The van der Waals surface area contributed by atoms with E-state index in [1.807, 2.05) is 24.3 Å². The molecule has 6 heteroatoms. The van der Waals surface area contributed by atoms with Gasteiger partial charge in [-0.25, -0.2) is 4.39 Å². The number of benzene rings is 2. The first kappa shape index (κ1) is 18.2. The van der Waals surface area contributed by atoms with Crippen molar-refractivity contribution >= 4 is 22.7 Å². The SMILES string of the molecule is CCc1ccc(C(=O)N2CCN(C(=O)c3cc4c(F)cccc4[nH]3)CC2)cc1. The molecular weight excluding hydrogens is 357 g/mol. The molecule has 2 amide bonds. The van der Waals surface area contributed by atoms with Crippen LogP contribution in [-0.2, 0) is 6.42 Å². The Labute approximate surface area is 162 Å². The van der Waals surface area contributed by atoms with Crippen LogP contribution in [0.3, 0.4) is 0 Å². The number of nitrogens with zero attached hydrogens (tertiary/aromatic N) is 2. The van der Waals surface area contributed by atoms with Gasteiger partial charge < -0.3 is 14.8 Å². The van der Waals surface area contributed by atoms with Crippen LogP contribution < -0.4 is 0 Å². The number of aromatic nitrogens is 1. The predicted molar refractivity (Wildman–Crippen MR) is 106 cm³/mol. The summed E-state index contributed by atoms with van der Waals surface area (Å²) in [5.41, 5.74) is 2.84. The maximum absolute atomic E-state index is 13.9. The lowest BCUT2D eigenvalue weighted by Crippen LogP contribution is -2.50. The molecule has 0 spiro atoms. The average Bonchev–Trinajstić information content (AvgIpc) is 3.19. The number of nitrogens with one attached hydrogen (secondary N) is 1. The number of amides is 2. The molecule has 0 bridgehead atoms. The fraction of sp³-hybridized carbons (Fsp3) is 0.273. The number of halogens is 1. The number of rotatable bonds is 3. The van der Waals surface area contributed by atoms with Gasteiger partial charge in [0, 0.05) is 42.6 Å². The van der Waals surface area contributed by atoms with E-state index in [2.05, 4.69) is 11.9 Å². The van der Waals surface area contributed by atoms with Crippen molar-refractivity contribution in [3.63, 3.8) is 0 Å². The number of hydrogen-bond donors (Lipinski definition) is 1. The Hall–Kier alpha value is -3.15. The van der Waals surface area contributed by atoms with Crippen molar-refractivity contribution in [2.24, 2.45) is 0 Å². The number of carbonyl (C=O) groups is 2. The summed E-state index contributed by atoms with van der Waals surface area (Å²) >= 11 is 0. The minimum atomic E-state index is -0.350. The van der Waals surface area contributed by atoms with E-state index in [-0.39, 0.29) is 17.6 Å². The van der Waals surface area contributed by atoms with Crippen LogP contribution in [0, 0.1) is 5.82 Å². The summed E-state index contributed by atoms with van der Waals surface area (Å²) < 4.78 is 13.9. The first-order valence-electron chi connectivity index (χ1n) is 9.51. The lowest BCUT2D eigenvalue weighted by Gasteiger charge is -2.34. The molecule has 1 aromatic heterocycles. The zero-order valence-electron chi connectivity index (χ0n) is 15.7. The number of fused-ring (bicyclic) bond motifs is 1. The highest BCUT2D eigenvalue weighted by molar-refractivity contribution is 5.98. The number of aromatic amines is 1. The summed E-state index contributed by atoms with van der Waals surface area (Å²) in [6.45, 7) is 3.95. The van der Waals surface area contributed by atoms with Gasteiger partial charge >= 0.3 is 0 Å². The largest absolute Gasteiger partial charge is 0.350 e. The summed E-state index contributed by atoms with van der Waals surface area (Å²) in [4.78, 5) is 31.9. The van der Waals surface area contributed by atoms with E-state index >= 15 is 0 Å². The van der Waals surface area contributed by atoms with Crippen LogP contribution in [0.2, 0.25) is 0 Å². The number of carbonyl (C=O) groups excluding carboxylic acids is 2. The van der Waals surface area contributed by atoms with E-state index in [0.717, 1.165) is 6.42 Å². The van der Waals surface area contributed by atoms with Crippen LogP contribution in [0.4, 0.5) is 4.39 Å². The molecule has 2 heterocycles. The molecule has 1 aliphatic rings. The molecule has 0 aliphatic carbocycles. The summed E-state index contributed by atoms with van der Waals surface area (Å²) in [7, 11) is 0. The molecule has 1 N–H and O–H groups in total. The lowest BCUT2D eigenvalue weighted by molar-refractivity contribution is 0.0533. The Kier molecular flexibility index (Phi) is 4.86. The topological polar surface area (TPSA) is 56.4 Å². The van der Waals surface area contributed by atoms with Crippen molar-refractivity contribution in [1.82, 2.24) is 14.8 Å². The van der Waals surface area contributed by atoms with E-state index in [0.29, 0.717) is 48.3 Å². The Morgan fingerprint density at radius 3 is 2.21 bits per heavy atom. The van der Waals surface area contributed by atoms with Crippen LogP contribution >= 0.6 is 0 Å². The molecule has 0 saturated carbocycles. The molecule has 0 radical (unpaired) electrons. The van der Waals surface area contributed by atoms with Gasteiger partial charge in [0.15, 0.2) is 0 Å². The fourth-order valence-electron chi connectivity index (χ4n) is 3.58. The van der Waals surface area contributed by atoms with Gasteiger partial charge in [0.25, 0.3) is 11.8 Å². The fourth-order valence-corrected chi connectivity index (χ4v) is 3.58. The number of aryl methyl sites for hydroxylation is 1. The summed E-state index contributed by atoms with van der Waals surface area (Å²) in [6, 6.07) is 14.0. The molecule has 1 fully saturated rings. The quantitative estimate of drug-likeness (QED) is 0.758. The normalized spacial score (nSPS) is 14.5. The third-order valence-electron chi connectivity index (χ3n) is 5.30. The lowest BCUT2D eigenvalue weighted by atomic mass is 10.1. The van der Waals surface area contributed by atoms with Crippen LogP contribution in [0.1, 0.15) is 33.3 Å². The molecule has 144 valence electrons. The summed E-state index contributed by atoms with van der Waals surface area (Å²) in [5.74, 6) is -0.533. The van der Waals surface area contributed by atoms with Crippen LogP contribution in [0.25, 0.3) is 10.9 Å². The molecule has 2 aromatic carbocycles. The first-order valence-corrected chi connectivity index (χ1v) is 9.51. The van der Waals surface area contributed by atoms with E-state index in [1.54, 1.807) is 28.0 Å². The van der Waals surface area contributed by atoms with Crippen molar-refractivity contribution < 1.29 is 14.0 Å². The van der Waals surface area contributed by atoms with E-state index in [9.17, 15) is 14.0 Å². The van der Waals surface area contributed by atoms with Crippen molar-refractivity contribution in [3.05, 3.63) is 71.2 Å². The second kappa shape index (κ2) is 7.46. The summed E-state index contributed by atoms with van der Waals surface area (Å²) in [5, 5.41) is 0.412. The molecule has 4 rings (SSSR count). The van der Waals surface area contributed by atoms with Crippen molar-refractivity contribution in [2.75, 3.05) is 26.2 Å². The van der Waals surface area contributed by atoms with Gasteiger partial charge in [-0.1, -0.05) is 25.1 Å². The Bertz CT molecular complexity index is 1020. The second-order valence-corrected chi connectivity index (χ2v) is 7.02. The molecular formula is C22H22FN3O2. The average molecular weight is 379 g/mol. The van der Waals surface area contributed by atoms with Crippen molar-refractivity contribution in [3.8, 4) is 0 Å². The Morgan fingerprint density at radius 2 is 1.61 bits per heavy atom. The molecule has 1 saturated heterocycles. The smallest absolute Gasteiger partial charge is 0.270 e. The van der Waals surface area contributed by atoms with E-state index < -0.39 is 0 Å². The molecule has 1 aliphatic heterocycles. The standard InChI is InChI=1S/C22H22FN3O2/c1-2-15-6-8-16(9-7-15)21(27)25-10-12-26(13-11-25)22(28)20-14-17-18(23)4-3-5-19(17)24-20/h3-9,14,24H,2,10-13H2,1H3. The zero-order valence-corrected chi connectivity index (χ0v) is 15.7. The first-order chi connectivity index (χ1) is 13.6. The number of H-pyrrole nitrogens is 1. The number of hydrogen-bond acceptors (Lipinski definition) is 2. The van der Waals surface area contributed by atoms with E-state index in [1.165, 1.54) is 11.6 Å². The molecule has 3 aromatic rings. The van der Waals surface area contributed by atoms with E-state index in [4.69, 9.17) is 0 Å². The minimum absolute atomic E-state index is 0.0116. The zero-order chi connectivity index (χ0) is 19.7. The Morgan fingerprint density at radius 1 is 0.964 bits per heavy atom. The van der Waals surface area contributed by atoms with Gasteiger partial charge in [-0.2, -0.15) is 0 Å². The molecule has 28 heavy (non-hydrogen) atoms. The molecule has 5 nitrogen and oxygen atoms in total. The van der Waals surface area contributed by atoms with Gasteiger partial charge in [0.05, 0.1) is 0 Å². The molecule has 0 unspecified atom stereocenters. The van der Waals surface area contributed by atoms with Gasteiger partial charge in [0.2, 0.25) is 0 Å². The summed E-state index contributed by atoms with van der Waals surface area (Å²) in [6.07, 6.45) is 0.937. The maximum atomic E-state index is 13.9. The van der Waals surface area contributed by atoms with Crippen molar-refractivity contribution in [2.45, 2.75) is 13.3 Å². The second-order valence-electron chi connectivity index (χ2n) is 7.02. The van der Waals surface area contributed by atoms with Gasteiger partial charge in [-0.15, -0.1) is 0 Å². The van der Waals surface area contributed by atoms with Gasteiger partial charge in [-0.3, -0.25) is 9.59 Å². The third kappa shape index (κ3) is 3.38. The Balaban J connectivity index is 1.42. The highest BCUT2D eigenvalue weighted by atomic mass is 19.1. The monoisotopic (exact) mass is 379 g/mol. The van der Waals surface area contributed by atoms with Gasteiger partial charge in [0.1, 0.15) is 11.5 Å². The van der Waals surface area contributed by atoms with Crippen LogP contribution in [0.5, 0.6) is 0 Å². The predicted octanol–water partition coefficient (Wildman–Crippen LogP) is 3.47.